The first-order chi connectivity index (χ1) is 10.8. The molecule has 2 amide bonds. The van der Waals surface area contributed by atoms with Gasteiger partial charge in [-0.1, -0.05) is 50.1 Å². The van der Waals surface area contributed by atoms with Crippen molar-refractivity contribution in [3.05, 3.63) is 35.9 Å². The van der Waals surface area contributed by atoms with E-state index in [-0.39, 0.29) is 6.03 Å². The lowest BCUT2D eigenvalue weighted by Gasteiger charge is -2.39. The van der Waals surface area contributed by atoms with Gasteiger partial charge in [0.1, 0.15) is 0 Å². The van der Waals surface area contributed by atoms with Gasteiger partial charge in [-0.3, -0.25) is 0 Å². The molecule has 1 unspecified atom stereocenters. The molecule has 2 aliphatic rings. The number of piperidine rings is 1. The van der Waals surface area contributed by atoms with E-state index in [1.165, 1.54) is 31.2 Å². The Hall–Kier alpha value is -1.51. The van der Waals surface area contributed by atoms with Crippen LogP contribution in [0.2, 0.25) is 0 Å². The molecule has 3 nitrogen and oxygen atoms in total. The van der Waals surface area contributed by atoms with Gasteiger partial charge in [-0.15, -0.1) is 0 Å². The SMILES string of the molecule is CCCCCNC(=O)N1[C@@H]2CC[C@H]1CC(c1ccccc1)C2. The van der Waals surface area contributed by atoms with Crippen LogP contribution in [0, 0.1) is 0 Å². The summed E-state index contributed by atoms with van der Waals surface area (Å²) in [5.41, 5.74) is 1.45. The number of carbonyl (C=O) groups is 1. The van der Waals surface area contributed by atoms with Gasteiger partial charge < -0.3 is 10.2 Å². The van der Waals surface area contributed by atoms with Crippen LogP contribution in [0.1, 0.15) is 63.4 Å². The minimum Gasteiger partial charge on any atom is -0.338 e. The molecule has 3 heteroatoms. The molecular weight excluding hydrogens is 272 g/mol. The second-order valence-electron chi connectivity index (χ2n) is 6.81. The molecule has 0 aromatic heterocycles. The molecule has 3 atom stereocenters. The molecule has 1 aromatic carbocycles. The number of nitrogens with zero attached hydrogens (tertiary/aromatic N) is 1. The average molecular weight is 300 g/mol. The molecule has 120 valence electrons. The fraction of sp³-hybridized carbons (Fsp3) is 0.632. The van der Waals surface area contributed by atoms with E-state index in [4.69, 9.17) is 0 Å². The van der Waals surface area contributed by atoms with Crippen LogP contribution in [-0.4, -0.2) is 29.6 Å². The Morgan fingerprint density at radius 1 is 1.14 bits per heavy atom. The Morgan fingerprint density at radius 3 is 2.45 bits per heavy atom. The number of unbranched alkanes of at least 4 members (excludes halogenated alkanes) is 2. The maximum Gasteiger partial charge on any atom is 0.317 e. The van der Waals surface area contributed by atoms with Gasteiger partial charge in [0, 0.05) is 18.6 Å². The quantitative estimate of drug-likeness (QED) is 0.808. The number of rotatable bonds is 5. The van der Waals surface area contributed by atoms with Crippen molar-refractivity contribution in [2.75, 3.05) is 6.54 Å². The highest BCUT2D eigenvalue weighted by Crippen LogP contribution is 2.42. The lowest BCUT2D eigenvalue weighted by Crippen LogP contribution is -2.50. The Morgan fingerprint density at radius 2 is 1.82 bits per heavy atom. The van der Waals surface area contributed by atoms with Gasteiger partial charge in [0.25, 0.3) is 0 Å². The van der Waals surface area contributed by atoms with Crippen LogP contribution in [-0.2, 0) is 0 Å². The highest BCUT2D eigenvalue weighted by atomic mass is 16.2. The topological polar surface area (TPSA) is 32.3 Å². The van der Waals surface area contributed by atoms with Crippen LogP contribution in [0.5, 0.6) is 0 Å². The molecular formula is C19H28N2O. The smallest absolute Gasteiger partial charge is 0.317 e. The maximum atomic E-state index is 12.5. The van der Waals surface area contributed by atoms with E-state index in [0.717, 1.165) is 25.8 Å². The van der Waals surface area contributed by atoms with Crippen LogP contribution in [0.25, 0.3) is 0 Å². The number of fused-ring (bicyclic) bond motifs is 2. The Balaban J connectivity index is 1.57. The van der Waals surface area contributed by atoms with Gasteiger partial charge in [-0.2, -0.15) is 0 Å². The summed E-state index contributed by atoms with van der Waals surface area (Å²) in [4.78, 5) is 14.6. The summed E-state index contributed by atoms with van der Waals surface area (Å²) in [6.45, 7) is 3.02. The molecule has 2 fully saturated rings. The summed E-state index contributed by atoms with van der Waals surface area (Å²) in [6, 6.07) is 11.9. The zero-order valence-corrected chi connectivity index (χ0v) is 13.6. The summed E-state index contributed by atoms with van der Waals surface area (Å²) in [6.07, 6.45) is 8.10. The minimum absolute atomic E-state index is 0.176. The van der Waals surface area contributed by atoms with Gasteiger partial charge in [0.15, 0.2) is 0 Å². The van der Waals surface area contributed by atoms with Crippen molar-refractivity contribution in [2.24, 2.45) is 0 Å². The molecule has 0 saturated carbocycles. The van der Waals surface area contributed by atoms with Crippen molar-refractivity contribution in [3.63, 3.8) is 0 Å². The van der Waals surface area contributed by atoms with Gasteiger partial charge >= 0.3 is 6.03 Å². The second kappa shape index (κ2) is 7.17. The number of hydrogen-bond acceptors (Lipinski definition) is 1. The molecule has 1 N–H and O–H groups in total. The molecule has 0 radical (unpaired) electrons. The minimum atomic E-state index is 0.176. The van der Waals surface area contributed by atoms with Crippen molar-refractivity contribution in [3.8, 4) is 0 Å². The normalized spacial score (nSPS) is 27.0. The second-order valence-corrected chi connectivity index (χ2v) is 6.81. The third-order valence-electron chi connectivity index (χ3n) is 5.30. The van der Waals surface area contributed by atoms with Crippen LogP contribution in [0.15, 0.2) is 30.3 Å². The number of urea groups is 1. The summed E-state index contributed by atoms with van der Waals surface area (Å²) < 4.78 is 0. The average Bonchev–Trinajstić information content (AvgIpc) is 2.82. The third kappa shape index (κ3) is 3.29. The van der Waals surface area contributed by atoms with Gasteiger partial charge in [-0.05, 0) is 43.6 Å². The van der Waals surface area contributed by atoms with Crippen LogP contribution in [0.3, 0.4) is 0 Å². The highest BCUT2D eigenvalue weighted by Gasteiger charge is 2.43. The first-order valence-electron chi connectivity index (χ1n) is 8.90. The molecule has 1 aromatic rings. The lowest BCUT2D eigenvalue weighted by atomic mass is 9.85. The van der Waals surface area contributed by atoms with Gasteiger partial charge in [-0.25, -0.2) is 4.79 Å². The Bertz CT molecular complexity index is 473. The Labute approximate surface area is 134 Å². The predicted octanol–water partition coefficient (Wildman–Crippen LogP) is 4.30. The first-order valence-corrected chi connectivity index (χ1v) is 8.90. The summed E-state index contributed by atoms with van der Waals surface area (Å²) in [5.74, 6) is 0.628. The standard InChI is InChI=1S/C19H28N2O/c1-2-3-7-12-20-19(22)21-17-10-11-18(21)14-16(13-17)15-8-5-4-6-9-15/h4-6,8-9,16-18H,2-3,7,10-14H2,1H3,(H,20,22)/t16?,17-,18+. The predicted molar refractivity (Wildman–Crippen MR) is 90.0 cm³/mol. The van der Waals surface area contributed by atoms with E-state index in [2.05, 4.69) is 47.5 Å². The summed E-state index contributed by atoms with van der Waals surface area (Å²) in [5, 5.41) is 3.13. The van der Waals surface area contributed by atoms with Crippen LogP contribution >= 0.6 is 0 Å². The van der Waals surface area contributed by atoms with Gasteiger partial charge in [0.2, 0.25) is 0 Å². The number of carbonyl (C=O) groups excluding carboxylic acids is 1. The van der Waals surface area contributed by atoms with Crippen molar-refractivity contribution in [1.82, 2.24) is 10.2 Å². The largest absolute Gasteiger partial charge is 0.338 e. The van der Waals surface area contributed by atoms with Crippen molar-refractivity contribution >= 4 is 6.03 Å². The fourth-order valence-corrected chi connectivity index (χ4v) is 4.17. The summed E-state index contributed by atoms with van der Waals surface area (Å²) in [7, 11) is 0. The van der Waals surface area contributed by atoms with E-state index < -0.39 is 0 Å². The Kier molecular flexibility index (Phi) is 5.01. The lowest BCUT2D eigenvalue weighted by molar-refractivity contribution is 0.138. The molecule has 2 heterocycles. The molecule has 0 spiro atoms. The third-order valence-corrected chi connectivity index (χ3v) is 5.30. The maximum absolute atomic E-state index is 12.5. The molecule has 3 rings (SSSR count). The molecule has 2 bridgehead atoms. The van der Waals surface area contributed by atoms with E-state index in [1.54, 1.807) is 0 Å². The molecule has 2 aliphatic heterocycles. The van der Waals surface area contributed by atoms with Gasteiger partial charge in [0.05, 0.1) is 0 Å². The van der Waals surface area contributed by atoms with E-state index in [0.29, 0.717) is 18.0 Å². The first kappa shape index (κ1) is 15.4. The number of hydrogen-bond donors (Lipinski definition) is 1. The monoisotopic (exact) mass is 300 g/mol. The molecule has 2 saturated heterocycles. The number of benzene rings is 1. The summed E-state index contributed by atoms with van der Waals surface area (Å²) >= 11 is 0. The van der Waals surface area contributed by atoms with Crippen molar-refractivity contribution in [2.45, 2.75) is 69.9 Å². The van der Waals surface area contributed by atoms with E-state index >= 15 is 0 Å². The number of amides is 2. The van der Waals surface area contributed by atoms with Crippen LogP contribution < -0.4 is 5.32 Å². The zero-order valence-electron chi connectivity index (χ0n) is 13.6. The molecule has 22 heavy (non-hydrogen) atoms. The fourth-order valence-electron chi connectivity index (χ4n) is 4.17. The van der Waals surface area contributed by atoms with Crippen molar-refractivity contribution in [1.29, 1.82) is 0 Å². The van der Waals surface area contributed by atoms with Crippen LogP contribution in [0.4, 0.5) is 4.79 Å². The van der Waals surface area contributed by atoms with Crippen molar-refractivity contribution < 1.29 is 4.79 Å². The van der Waals surface area contributed by atoms with E-state index in [1.807, 2.05) is 0 Å². The van der Waals surface area contributed by atoms with E-state index in [9.17, 15) is 4.79 Å². The highest BCUT2D eigenvalue weighted by molar-refractivity contribution is 5.75. The zero-order chi connectivity index (χ0) is 15.4. The number of nitrogens with one attached hydrogen (secondary N) is 1. The molecule has 0 aliphatic carbocycles.